The first-order valence-electron chi connectivity index (χ1n) is 16.8. The number of hydrogen-bond acceptors (Lipinski definition) is 3. The van der Waals surface area contributed by atoms with Crippen molar-refractivity contribution in [3.63, 3.8) is 0 Å². The van der Waals surface area contributed by atoms with E-state index >= 15 is 0 Å². The molecule has 10 rings (SSSR count). The van der Waals surface area contributed by atoms with Crippen LogP contribution in [-0.2, 0) is 6.42 Å². The van der Waals surface area contributed by atoms with E-state index in [0.29, 0.717) is 0 Å². The van der Waals surface area contributed by atoms with Crippen LogP contribution in [0, 0.1) is 0 Å². The molecule has 4 heteroatoms. The third kappa shape index (κ3) is 4.27. The number of anilines is 1. The van der Waals surface area contributed by atoms with Gasteiger partial charge in [-0.15, -0.1) is 0 Å². The number of aromatic nitrogens is 1. The Bertz CT molecular complexity index is 2520. The first kappa shape index (κ1) is 27.3. The van der Waals surface area contributed by atoms with E-state index in [1.54, 1.807) is 0 Å². The first-order valence-corrected chi connectivity index (χ1v) is 16.8. The van der Waals surface area contributed by atoms with Gasteiger partial charge in [-0.3, -0.25) is 5.32 Å². The zero-order chi connectivity index (χ0) is 31.6. The molecule has 2 aromatic heterocycles. The van der Waals surface area contributed by atoms with E-state index in [9.17, 15) is 0 Å². The number of fused-ring (bicyclic) bond motifs is 8. The second-order valence-electron chi connectivity index (χ2n) is 12.9. The number of furan rings is 1. The van der Waals surface area contributed by atoms with Crippen molar-refractivity contribution in [2.75, 3.05) is 5.32 Å². The summed E-state index contributed by atoms with van der Waals surface area (Å²) in [5.74, 6) is 1.09. The van der Waals surface area contributed by atoms with Crippen molar-refractivity contribution in [2.24, 2.45) is 0 Å². The standard InChI is InChI=1S/C44H33N3O/c1-3-12-28(13-4-1)30-16-11-17-31(26-30)32-22-23-36-39(27-32)47(38-25-24-34-33-18-8-10-21-40(33)48-43(34)41(36)38)44-45-37-20-9-7-19-35(37)42(46-44)29-14-5-2-6-15-29/h1-9,11-20,22-27,42,44-46H,10,21H2. The molecule has 2 atom stereocenters. The van der Waals surface area contributed by atoms with Gasteiger partial charge in [0.15, 0.2) is 6.29 Å². The molecule has 8 aromatic rings. The van der Waals surface area contributed by atoms with Gasteiger partial charge >= 0.3 is 0 Å². The maximum Gasteiger partial charge on any atom is 0.160 e. The van der Waals surface area contributed by atoms with Gasteiger partial charge in [0.25, 0.3) is 0 Å². The quantitative estimate of drug-likeness (QED) is 0.206. The van der Waals surface area contributed by atoms with Crippen LogP contribution in [-0.4, -0.2) is 4.57 Å². The molecule has 0 bridgehead atoms. The lowest BCUT2D eigenvalue weighted by molar-refractivity contribution is 0.417. The van der Waals surface area contributed by atoms with E-state index in [0.717, 1.165) is 46.3 Å². The molecule has 2 unspecified atom stereocenters. The number of hydrogen-bond donors (Lipinski definition) is 2. The van der Waals surface area contributed by atoms with E-state index < -0.39 is 0 Å². The molecule has 1 aliphatic carbocycles. The van der Waals surface area contributed by atoms with Crippen LogP contribution in [0.2, 0.25) is 0 Å². The monoisotopic (exact) mass is 619 g/mol. The molecule has 0 saturated carbocycles. The van der Waals surface area contributed by atoms with E-state index in [1.165, 1.54) is 49.7 Å². The minimum Gasteiger partial charge on any atom is -0.460 e. The molecule has 0 saturated heterocycles. The first-order chi connectivity index (χ1) is 23.8. The van der Waals surface area contributed by atoms with Crippen molar-refractivity contribution >= 4 is 44.5 Å². The van der Waals surface area contributed by atoms with Gasteiger partial charge in [0.1, 0.15) is 11.3 Å². The Morgan fingerprint density at radius 2 is 1.35 bits per heavy atom. The molecule has 3 heterocycles. The van der Waals surface area contributed by atoms with Gasteiger partial charge < -0.3 is 14.3 Å². The number of nitrogens with one attached hydrogen (secondary N) is 2. The van der Waals surface area contributed by atoms with Crippen LogP contribution in [0.3, 0.4) is 0 Å². The lowest BCUT2D eigenvalue weighted by Crippen LogP contribution is -2.40. The maximum absolute atomic E-state index is 6.73. The highest BCUT2D eigenvalue weighted by Crippen LogP contribution is 2.44. The van der Waals surface area contributed by atoms with Crippen molar-refractivity contribution in [3.05, 3.63) is 168 Å². The molecule has 230 valence electrons. The Balaban J connectivity index is 1.21. The minimum absolute atomic E-state index is 0.0247. The molecular formula is C44H33N3O. The topological polar surface area (TPSA) is 42.1 Å². The summed E-state index contributed by atoms with van der Waals surface area (Å²) in [4.78, 5) is 0. The largest absolute Gasteiger partial charge is 0.460 e. The number of benzene rings is 6. The molecule has 0 radical (unpaired) electrons. The van der Waals surface area contributed by atoms with Crippen molar-refractivity contribution in [1.82, 2.24) is 9.88 Å². The number of para-hydroxylation sites is 1. The average molecular weight is 620 g/mol. The summed E-state index contributed by atoms with van der Waals surface area (Å²) in [7, 11) is 0. The lowest BCUT2D eigenvalue weighted by atomic mass is 9.95. The van der Waals surface area contributed by atoms with Gasteiger partial charge in [0.2, 0.25) is 0 Å². The Kier molecular flexibility index (Phi) is 6.18. The average Bonchev–Trinajstić information content (AvgIpc) is 3.70. The fraction of sp³-hybridized carbons (Fsp3) is 0.0909. The normalized spacial score (nSPS) is 17.0. The van der Waals surface area contributed by atoms with Crippen LogP contribution >= 0.6 is 0 Å². The van der Waals surface area contributed by atoms with Crippen molar-refractivity contribution < 1.29 is 4.42 Å². The van der Waals surface area contributed by atoms with E-state index in [4.69, 9.17) is 4.42 Å². The highest BCUT2D eigenvalue weighted by molar-refractivity contribution is 6.20. The van der Waals surface area contributed by atoms with Crippen LogP contribution in [0.15, 0.2) is 150 Å². The summed E-state index contributed by atoms with van der Waals surface area (Å²) in [6.07, 6.45) is 6.23. The van der Waals surface area contributed by atoms with Gasteiger partial charge in [-0.05, 0) is 70.1 Å². The van der Waals surface area contributed by atoms with Crippen LogP contribution in [0.25, 0.3) is 61.1 Å². The van der Waals surface area contributed by atoms with Gasteiger partial charge in [-0.1, -0.05) is 121 Å². The number of nitrogens with zero attached hydrogens (tertiary/aromatic N) is 1. The molecule has 1 aliphatic heterocycles. The van der Waals surface area contributed by atoms with Crippen molar-refractivity contribution in [1.29, 1.82) is 0 Å². The third-order valence-corrected chi connectivity index (χ3v) is 10.1. The van der Waals surface area contributed by atoms with Crippen molar-refractivity contribution in [2.45, 2.75) is 25.2 Å². The lowest BCUT2D eigenvalue weighted by Gasteiger charge is -2.36. The molecule has 0 fully saturated rings. The molecule has 0 spiro atoms. The second kappa shape index (κ2) is 10.9. The van der Waals surface area contributed by atoms with E-state index in [-0.39, 0.29) is 12.3 Å². The number of allylic oxidation sites excluding steroid dienone is 1. The molecule has 0 amide bonds. The van der Waals surface area contributed by atoms with Crippen LogP contribution < -0.4 is 10.6 Å². The summed E-state index contributed by atoms with van der Waals surface area (Å²) in [6.45, 7) is 0. The second-order valence-corrected chi connectivity index (χ2v) is 12.9. The predicted molar refractivity (Wildman–Crippen MR) is 198 cm³/mol. The molecular weight excluding hydrogens is 587 g/mol. The molecule has 48 heavy (non-hydrogen) atoms. The molecule has 6 aromatic carbocycles. The molecule has 4 nitrogen and oxygen atoms in total. The summed E-state index contributed by atoms with van der Waals surface area (Å²) in [6, 6.07) is 50.3. The fourth-order valence-corrected chi connectivity index (χ4v) is 7.88. The minimum atomic E-state index is -0.210. The SMILES string of the molecule is C1=Cc2c(oc3c2ccc2c3c3ccc(-c4cccc(-c5ccccc5)c4)cc3n2C2Nc3ccccc3C(c3ccccc3)N2)CC1. The summed E-state index contributed by atoms with van der Waals surface area (Å²) < 4.78 is 9.18. The summed E-state index contributed by atoms with van der Waals surface area (Å²) in [5, 5.41) is 11.4. The zero-order valence-electron chi connectivity index (χ0n) is 26.4. The summed E-state index contributed by atoms with van der Waals surface area (Å²) in [5.41, 5.74) is 12.9. The number of aryl methyl sites for hydroxylation is 1. The summed E-state index contributed by atoms with van der Waals surface area (Å²) >= 11 is 0. The Labute approximate surface area is 279 Å². The van der Waals surface area contributed by atoms with E-state index in [2.05, 4.69) is 167 Å². The fourth-order valence-electron chi connectivity index (χ4n) is 7.88. The smallest absolute Gasteiger partial charge is 0.160 e. The van der Waals surface area contributed by atoms with Gasteiger partial charge in [-0.2, -0.15) is 0 Å². The van der Waals surface area contributed by atoms with Crippen molar-refractivity contribution in [3.8, 4) is 22.3 Å². The Morgan fingerprint density at radius 1 is 0.625 bits per heavy atom. The van der Waals surface area contributed by atoms with Gasteiger partial charge in [0, 0.05) is 28.4 Å². The highest BCUT2D eigenvalue weighted by atomic mass is 16.3. The molecule has 2 aliphatic rings. The van der Waals surface area contributed by atoms with Crippen LogP contribution in [0.1, 0.15) is 41.2 Å². The number of rotatable bonds is 4. The predicted octanol–water partition coefficient (Wildman–Crippen LogP) is 11.1. The zero-order valence-corrected chi connectivity index (χ0v) is 26.4. The molecule has 2 N–H and O–H groups in total. The van der Waals surface area contributed by atoms with Crippen LogP contribution in [0.5, 0.6) is 0 Å². The Hall–Kier alpha value is -5.84. The third-order valence-electron chi connectivity index (χ3n) is 10.1. The van der Waals surface area contributed by atoms with E-state index in [1.807, 2.05) is 0 Å². The maximum atomic E-state index is 6.73. The Morgan fingerprint density at radius 3 is 2.23 bits per heavy atom. The van der Waals surface area contributed by atoms with Gasteiger partial charge in [0.05, 0.1) is 22.5 Å². The highest BCUT2D eigenvalue weighted by Gasteiger charge is 2.31. The van der Waals surface area contributed by atoms with Crippen LogP contribution in [0.4, 0.5) is 5.69 Å². The van der Waals surface area contributed by atoms with Gasteiger partial charge in [-0.25, -0.2) is 0 Å².